The summed E-state index contributed by atoms with van der Waals surface area (Å²) in [7, 11) is 1.96. The van der Waals surface area contributed by atoms with Crippen LogP contribution in [0.1, 0.15) is 36.0 Å². The van der Waals surface area contributed by atoms with E-state index >= 15 is 0 Å². The fraction of sp³-hybridized carbons (Fsp3) is 0.438. The van der Waals surface area contributed by atoms with Gasteiger partial charge in [0.25, 0.3) is 0 Å². The Balaban J connectivity index is 2.19. The first-order valence-electron chi connectivity index (χ1n) is 7.18. The van der Waals surface area contributed by atoms with Crippen molar-refractivity contribution in [1.29, 1.82) is 0 Å². The van der Waals surface area contributed by atoms with Crippen molar-refractivity contribution in [1.82, 2.24) is 10.3 Å². The smallest absolute Gasteiger partial charge is 0.186 e. The summed E-state index contributed by atoms with van der Waals surface area (Å²) in [5, 5.41) is 4.25. The molecule has 0 fully saturated rings. The largest absolute Gasteiger partial charge is 0.344 e. The van der Waals surface area contributed by atoms with Crippen LogP contribution in [-0.4, -0.2) is 18.6 Å². The summed E-state index contributed by atoms with van der Waals surface area (Å²) >= 11 is 1.67. The molecule has 0 saturated carbocycles. The number of anilines is 1. The Labute approximate surface area is 129 Å². The molecule has 2 rings (SSSR count). The van der Waals surface area contributed by atoms with Crippen LogP contribution in [0.4, 0.5) is 9.52 Å². The molecular weight excluding hydrogens is 285 g/mol. The van der Waals surface area contributed by atoms with Crippen molar-refractivity contribution in [3.63, 3.8) is 0 Å². The maximum Gasteiger partial charge on any atom is 0.186 e. The summed E-state index contributed by atoms with van der Waals surface area (Å²) in [4.78, 5) is 7.89. The number of hydrogen-bond donors (Lipinski definition) is 1. The third-order valence-corrected chi connectivity index (χ3v) is 4.90. The molecule has 114 valence electrons. The maximum atomic E-state index is 13.9. The Bertz CT molecular complexity index is 597. The second kappa shape index (κ2) is 7.00. The number of halogens is 1. The molecule has 2 aromatic rings. The van der Waals surface area contributed by atoms with E-state index in [0.29, 0.717) is 5.56 Å². The molecule has 1 heterocycles. The average Bonchev–Trinajstić information content (AvgIpc) is 2.85. The molecule has 0 amide bonds. The molecule has 1 aromatic heterocycles. The second-order valence-electron chi connectivity index (χ2n) is 5.09. The van der Waals surface area contributed by atoms with Gasteiger partial charge >= 0.3 is 0 Å². The highest BCUT2D eigenvalue weighted by Gasteiger charge is 2.19. The number of aryl methyl sites for hydroxylation is 1. The molecule has 21 heavy (non-hydrogen) atoms. The van der Waals surface area contributed by atoms with E-state index in [2.05, 4.69) is 17.2 Å². The lowest BCUT2D eigenvalue weighted by Crippen LogP contribution is -2.22. The van der Waals surface area contributed by atoms with Gasteiger partial charge in [-0.3, -0.25) is 0 Å². The van der Waals surface area contributed by atoms with Gasteiger partial charge in [0.1, 0.15) is 5.82 Å². The topological polar surface area (TPSA) is 28.2 Å². The van der Waals surface area contributed by atoms with Crippen LogP contribution in [0, 0.1) is 12.7 Å². The predicted octanol–water partition coefficient (Wildman–Crippen LogP) is 3.90. The minimum absolute atomic E-state index is 0.0521. The minimum Gasteiger partial charge on any atom is -0.344 e. The van der Waals surface area contributed by atoms with E-state index < -0.39 is 0 Å². The van der Waals surface area contributed by atoms with Crippen LogP contribution < -0.4 is 10.2 Å². The standard InChI is InChI=1S/C16H22FN3S/c1-5-18-10-15-11(2)19-16(21-15)20(4)12(3)13-8-6-7-9-14(13)17/h6-9,12,18H,5,10H2,1-4H3. The molecule has 0 spiro atoms. The van der Waals surface area contributed by atoms with E-state index in [0.717, 1.165) is 23.9 Å². The van der Waals surface area contributed by atoms with Gasteiger partial charge in [0.15, 0.2) is 5.13 Å². The molecule has 0 aliphatic carbocycles. The SMILES string of the molecule is CCNCc1sc(N(C)C(C)c2ccccc2F)nc1C. The third kappa shape index (κ3) is 3.60. The van der Waals surface area contributed by atoms with Crippen molar-refractivity contribution in [3.05, 3.63) is 46.2 Å². The van der Waals surface area contributed by atoms with Crippen molar-refractivity contribution < 1.29 is 4.39 Å². The molecule has 1 N–H and O–H groups in total. The van der Waals surface area contributed by atoms with Gasteiger partial charge in [-0.05, 0) is 26.5 Å². The summed E-state index contributed by atoms with van der Waals surface area (Å²) in [5.74, 6) is -0.169. The van der Waals surface area contributed by atoms with Crippen molar-refractivity contribution in [2.24, 2.45) is 0 Å². The molecule has 0 aliphatic rings. The lowest BCUT2D eigenvalue weighted by Gasteiger charge is -2.25. The summed E-state index contributed by atoms with van der Waals surface area (Å²) in [6, 6.07) is 6.86. The fourth-order valence-electron chi connectivity index (χ4n) is 2.15. The molecule has 1 unspecified atom stereocenters. The maximum absolute atomic E-state index is 13.9. The van der Waals surface area contributed by atoms with Gasteiger partial charge in [0, 0.05) is 24.0 Å². The van der Waals surface area contributed by atoms with Gasteiger partial charge in [0.2, 0.25) is 0 Å². The molecule has 0 radical (unpaired) electrons. The van der Waals surface area contributed by atoms with E-state index in [1.165, 1.54) is 10.9 Å². The third-order valence-electron chi connectivity index (χ3n) is 3.65. The number of benzene rings is 1. The minimum atomic E-state index is -0.169. The normalized spacial score (nSPS) is 12.4. The molecular formula is C16H22FN3S. The van der Waals surface area contributed by atoms with E-state index in [1.807, 2.05) is 37.9 Å². The van der Waals surface area contributed by atoms with Crippen LogP contribution in [0.3, 0.4) is 0 Å². The molecule has 3 nitrogen and oxygen atoms in total. The average molecular weight is 307 g/mol. The number of nitrogens with one attached hydrogen (secondary N) is 1. The van der Waals surface area contributed by atoms with Gasteiger partial charge in [-0.15, -0.1) is 11.3 Å². The fourth-order valence-corrected chi connectivity index (χ4v) is 3.23. The van der Waals surface area contributed by atoms with Crippen molar-refractivity contribution in [2.75, 3.05) is 18.5 Å². The highest BCUT2D eigenvalue weighted by molar-refractivity contribution is 7.15. The Hall–Kier alpha value is -1.46. The molecule has 5 heteroatoms. The summed E-state index contributed by atoms with van der Waals surface area (Å²) in [6.45, 7) is 7.88. The van der Waals surface area contributed by atoms with E-state index in [9.17, 15) is 4.39 Å². The lowest BCUT2D eigenvalue weighted by atomic mass is 10.1. The van der Waals surface area contributed by atoms with Gasteiger partial charge in [-0.2, -0.15) is 0 Å². The second-order valence-corrected chi connectivity index (χ2v) is 6.16. The number of thiazole rings is 1. The van der Waals surface area contributed by atoms with Crippen LogP contribution in [0.5, 0.6) is 0 Å². The molecule has 1 atom stereocenters. The molecule has 1 aromatic carbocycles. The van der Waals surface area contributed by atoms with E-state index in [-0.39, 0.29) is 11.9 Å². The van der Waals surface area contributed by atoms with Gasteiger partial charge < -0.3 is 10.2 Å². The zero-order valence-corrected chi connectivity index (χ0v) is 13.8. The number of rotatable bonds is 6. The quantitative estimate of drug-likeness (QED) is 0.877. The molecule has 0 saturated heterocycles. The lowest BCUT2D eigenvalue weighted by molar-refractivity contribution is 0.585. The van der Waals surface area contributed by atoms with Gasteiger partial charge in [0.05, 0.1) is 11.7 Å². The first-order valence-corrected chi connectivity index (χ1v) is 8.00. The molecule has 0 bridgehead atoms. The first kappa shape index (κ1) is 15.9. The number of hydrogen-bond acceptors (Lipinski definition) is 4. The van der Waals surface area contributed by atoms with Crippen LogP contribution in [0.15, 0.2) is 24.3 Å². The Morgan fingerprint density at radius 2 is 2.10 bits per heavy atom. The Kier molecular flexibility index (Phi) is 5.31. The summed E-state index contributed by atoms with van der Waals surface area (Å²) < 4.78 is 13.9. The summed E-state index contributed by atoms with van der Waals surface area (Å²) in [5.41, 5.74) is 1.74. The zero-order chi connectivity index (χ0) is 15.4. The Morgan fingerprint density at radius 3 is 2.76 bits per heavy atom. The van der Waals surface area contributed by atoms with Crippen LogP contribution in [0.25, 0.3) is 0 Å². The zero-order valence-electron chi connectivity index (χ0n) is 13.0. The van der Waals surface area contributed by atoms with Crippen LogP contribution in [-0.2, 0) is 6.54 Å². The Morgan fingerprint density at radius 1 is 1.38 bits per heavy atom. The van der Waals surface area contributed by atoms with Gasteiger partial charge in [-0.1, -0.05) is 25.1 Å². The van der Waals surface area contributed by atoms with Crippen LogP contribution >= 0.6 is 11.3 Å². The van der Waals surface area contributed by atoms with Gasteiger partial charge in [-0.25, -0.2) is 9.37 Å². The first-order chi connectivity index (χ1) is 10.0. The number of nitrogens with zero attached hydrogens (tertiary/aromatic N) is 2. The van der Waals surface area contributed by atoms with Crippen LogP contribution in [0.2, 0.25) is 0 Å². The van der Waals surface area contributed by atoms with E-state index in [1.54, 1.807) is 17.4 Å². The van der Waals surface area contributed by atoms with E-state index in [4.69, 9.17) is 0 Å². The van der Waals surface area contributed by atoms with Crippen molar-refractivity contribution in [3.8, 4) is 0 Å². The molecule has 0 aliphatic heterocycles. The highest BCUT2D eigenvalue weighted by atomic mass is 32.1. The monoisotopic (exact) mass is 307 g/mol. The highest BCUT2D eigenvalue weighted by Crippen LogP contribution is 2.31. The number of aromatic nitrogens is 1. The summed E-state index contributed by atoms with van der Waals surface area (Å²) in [6.07, 6.45) is 0. The van der Waals surface area contributed by atoms with Crippen molar-refractivity contribution in [2.45, 2.75) is 33.4 Å². The predicted molar refractivity (Wildman–Crippen MR) is 87.4 cm³/mol. The van der Waals surface area contributed by atoms with Crippen molar-refractivity contribution >= 4 is 16.5 Å².